The molecule has 1 saturated heterocycles. The fraction of sp³-hybridized carbons (Fsp3) is 0.556. The third-order valence-corrected chi connectivity index (χ3v) is 4.93. The fourth-order valence-corrected chi connectivity index (χ4v) is 3.48. The quantitative estimate of drug-likeness (QED) is 0.657. The van der Waals surface area contributed by atoms with Crippen LogP contribution in [-0.2, 0) is 9.53 Å². The normalized spacial score (nSPS) is 25.3. The number of carboxylic acids is 1. The van der Waals surface area contributed by atoms with Crippen molar-refractivity contribution >= 4 is 17.1 Å². The molecule has 0 aliphatic carbocycles. The maximum absolute atomic E-state index is 10.7. The van der Waals surface area contributed by atoms with Crippen LogP contribution in [0, 0.1) is 12.8 Å². The Hall–Kier alpha value is -2.36. The number of hydrogen-bond donors (Lipinski definition) is 2. The van der Waals surface area contributed by atoms with E-state index in [9.17, 15) is 9.90 Å². The summed E-state index contributed by atoms with van der Waals surface area (Å²) in [5.41, 5.74) is 2.14. The minimum atomic E-state index is -0.809. The fourth-order valence-electron chi connectivity index (χ4n) is 3.48. The SMILES string of the molecule is C=C[C@@H]1[C@H](O)[C@@H](CN(C)CCCC(=O)O)O[C@H]1n1cnc2c(C)ncnc21. The van der Waals surface area contributed by atoms with Crippen molar-refractivity contribution in [3.63, 3.8) is 0 Å². The van der Waals surface area contributed by atoms with E-state index in [1.165, 1.54) is 6.33 Å². The van der Waals surface area contributed by atoms with Crippen LogP contribution in [-0.4, -0.2) is 72.9 Å². The molecule has 0 spiro atoms. The molecular formula is C18H25N5O4. The minimum absolute atomic E-state index is 0.121. The van der Waals surface area contributed by atoms with Crippen molar-refractivity contribution < 1.29 is 19.7 Å². The summed E-state index contributed by atoms with van der Waals surface area (Å²) in [4.78, 5) is 25.5. The molecule has 9 nitrogen and oxygen atoms in total. The number of aryl methyl sites for hydroxylation is 1. The summed E-state index contributed by atoms with van der Waals surface area (Å²) in [6.07, 6.45) is 3.88. The molecule has 2 N–H and O–H groups in total. The zero-order valence-electron chi connectivity index (χ0n) is 15.5. The van der Waals surface area contributed by atoms with Gasteiger partial charge in [0.1, 0.15) is 18.1 Å². The number of ether oxygens (including phenoxy) is 1. The molecule has 146 valence electrons. The molecule has 2 aromatic rings. The predicted molar refractivity (Wildman–Crippen MR) is 98.0 cm³/mol. The van der Waals surface area contributed by atoms with Crippen molar-refractivity contribution in [1.29, 1.82) is 0 Å². The van der Waals surface area contributed by atoms with Gasteiger partial charge in [-0.1, -0.05) is 6.08 Å². The van der Waals surface area contributed by atoms with Crippen molar-refractivity contribution in [3.8, 4) is 0 Å². The number of imidazole rings is 1. The van der Waals surface area contributed by atoms with Crippen LogP contribution >= 0.6 is 0 Å². The van der Waals surface area contributed by atoms with Crippen LogP contribution in [0.5, 0.6) is 0 Å². The highest BCUT2D eigenvalue weighted by atomic mass is 16.5. The molecule has 1 fully saturated rings. The number of aliphatic hydroxyl groups excluding tert-OH is 1. The zero-order chi connectivity index (χ0) is 19.6. The van der Waals surface area contributed by atoms with E-state index < -0.39 is 24.4 Å². The Balaban J connectivity index is 1.74. The highest BCUT2D eigenvalue weighted by molar-refractivity contribution is 5.72. The average Bonchev–Trinajstić information content (AvgIpc) is 3.17. The van der Waals surface area contributed by atoms with E-state index in [1.807, 2.05) is 23.4 Å². The number of aromatic nitrogens is 4. The topological polar surface area (TPSA) is 114 Å². The second-order valence-corrected chi connectivity index (χ2v) is 6.91. The van der Waals surface area contributed by atoms with E-state index in [0.29, 0.717) is 30.7 Å². The largest absolute Gasteiger partial charge is 0.481 e. The van der Waals surface area contributed by atoms with Crippen LogP contribution in [0.1, 0.15) is 24.8 Å². The van der Waals surface area contributed by atoms with Gasteiger partial charge in [-0.05, 0) is 26.9 Å². The Labute approximate surface area is 157 Å². The molecule has 3 rings (SSSR count). The lowest BCUT2D eigenvalue weighted by atomic mass is 9.99. The molecule has 0 aromatic carbocycles. The first-order valence-corrected chi connectivity index (χ1v) is 8.93. The van der Waals surface area contributed by atoms with Crippen LogP contribution in [0.2, 0.25) is 0 Å². The summed E-state index contributed by atoms with van der Waals surface area (Å²) in [5.74, 6) is -1.12. The van der Waals surface area contributed by atoms with Crippen molar-refractivity contribution in [2.75, 3.05) is 20.1 Å². The van der Waals surface area contributed by atoms with Gasteiger partial charge in [-0.15, -0.1) is 6.58 Å². The molecular weight excluding hydrogens is 350 g/mol. The van der Waals surface area contributed by atoms with E-state index >= 15 is 0 Å². The number of carbonyl (C=O) groups is 1. The summed E-state index contributed by atoms with van der Waals surface area (Å²) < 4.78 is 7.96. The molecule has 0 saturated carbocycles. The molecule has 0 unspecified atom stereocenters. The number of likely N-dealkylation sites (N-methyl/N-ethyl adjacent to an activating group) is 1. The number of aliphatic carboxylic acids is 1. The third kappa shape index (κ3) is 4.00. The van der Waals surface area contributed by atoms with Crippen LogP contribution in [0.15, 0.2) is 25.3 Å². The van der Waals surface area contributed by atoms with Gasteiger partial charge < -0.3 is 19.8 Å². The van der Waals surface area contributed by atoms with Crippen LogP contribution in [0.4, 0.5) is 0 Å². The number of rotatable bonds is 8. The molecule has 4 atom stereocenters. The molecule has 9 heteroatoms. The standard InChI is InChI=1S/C18H25N5O4/c1-4-12-16(26)13(8-22(3)7-5-6-14(24)25)27-18(12)23-10-21-15-11(2)19-9-20-17(15)23/h4,9-10,12-13,16,18,26H,1,5-8H2,2-3H3,(H,24,25)/t12-,13-,16+,18-/m1/s1. The van der Waals surface area contributed by atoms with E-state index in [2.05, 4.69) is 21.5 Å². The number of fused-ring (bicyclic) bond motifs is 1. The van der Waals surface area contributed by atoms with Gasteiger partial charge >= 0.3 is 5.97 Å². The second-order valence-electron chi connectivity index (χ2n) is 6.91. The Morgan fingerprint density at radius 1 is 1.44 bits per heavy atom. The van der Waals surface area contributed by atoms with Gasteiger partial charge in [-0.2, -0.15) is 0 Å². The highest BCUT2D eigenvalue weighted by Crippen LogP contribution is 2.37. The van der Waals surface area contributed by atoms with Gasteiger partial charge in [-0.3, -0.25) is 9.36 Å². The lowest BCUT2D eigenvalue weighted by Crippen LogP contribution is -2.37. The van der Waals surface area contributed by atoms with Gasteiger partial charge in [0.25, 0.3) is 0 Å². The third-order valence-electron chi connectivity index (χ3n) is 4.93. The van der Waals surface area contributed by atoms with Crippen LogP contribution < -0.4 is 0 Å². The van der Waals surface area contributed by atoms with E-state index in [0.717, 1.165) is 5.69 Å². The lowest BCUT2D eigenvalue weighted by molar-refractivity contribution is -0.137. The van der Waals surface area contributed by atoms with Gasteiger partial charge in [0.05, 0.1) is 30.1 Å². The first kappa shape index (κ1) is 19.4. The second kappa shape index (κ2) is 8.12. The first-order valence-electron chi connectivity index (χ1n) is 8.93. The summed E-state index contributed by atoms with van der Waals surface area (Å²) in [5, 5.41) is 19.5. The van der Waals surface area contributed by atoms with Crippen molar-refractivity contribution in [3.05, 3.63) is 31.0 Å². The maximum atomic E-state index is 10.7. The van der Waals surface area contributed by atoms with Gasteiger partial charge in [-0.25, -0.2) is 15.0 Å². The van der Waals surface area contributed by atoms with Crippen molar-refractivity contribution in [2.45, 2.75) is 38.2 Å². The molecule has 0 bridgehead atoms. The number of hydrogen-bond acceptors (Lipinski definition) is 7. The Morgan fingerprint density at radius 3 is 2.93 bits per heavy atom. The molecule has 1 aliphatic rings. The predicted octanol–water partition coefficient (Wildman–Crippen LogP) is 0.992. The average molecular weight is 375 g/mol. The maximum Gasteiger partial charge on any atom is 0.303 e. The molecule has 0 amide bonds. The zero-order valence-corrected chi connectivity index (χ0v) is 15.5. The van der Waals surface area contributed by atoms with Gasteiger partial charge in [0.15, 0.2) is 5.65 Å². The number of carboxylic acid groups (broad SMARTS) is 1. The Morgan fingerprint density at radius 2 is 2.22 bits per heavy atom. The van der Waals surface area contributed by atoms with Crippen molar-refractivity contribution in [1.82, 2.24) is 24.4 Å². The number of nitrogens with zero attached hydrogens (tertiary/aromatic N) is 5. The molecule has 27 heavy (non-hydrogen) atoms. The summed E-state index contributed by atoms with van der Waals surface area (Å²) in [6, 6.07) is 0. The summed E-state index contributed by atoms with van der Waals surface area (Å²) >= 11 is 0. The first-order chi connectivity index (χ1) is 12.9. The van der Waals surface area contributed by atoms with E-state index in [4.69, 9.17) is 9.84 Å². The highest BCUT2D eigenvalue weighted by Gasteiger charge is 2.43. The lowest BCUT2D eigenvalue weighted by Gasteiger charge is -2.22. The summed E-state index contributed by atoms with van der Waals surface area (Å²) in [7, 11) is 1.89. The smallest absolute Gasteiger partial charge is 0.303 e. The van der Waals surface area contributed by atoms with E-state index in [1.54, 1.807) is 12.4 Å². The monoisotopic (exact) mass is 375 g/mol. The van der Waals surface area contributed by atoms with Gasteiger partial charge in [0.2, 0.25) is 0 Å². The Bertz CT molecular complexity index is 823. The molecule has 0 radical (unpaired) electrons. The van der Waals surface area contributed by atoms with Gasteiger partial charge in [0, 0.05) is 13.0 Å². The Kier molecular flexibility index (Phi) is 5.83. The summed E-state index contributed by atoms with van der Waals surface area (Å²) in [6.45, 7) is 6.82. The number of aliphatic hydroxyl groups is 1. The molecule has 3 heterocycles. The van der Waals surface area contributed by atoms with Crippen molar-refractivity contribution in [2.24, 2.45) is 5.92 Å². The van der Waals surface area contributed by atoms with E-state index in [-0.39, 0.29) is 12.3 Å². The molecule has 1 aliphatic heterocycles. The van der Waals surface area contributed by atoms with Crippen LogP contribution in [0.3, 0.4) is 0 Å². The molecule has 2 aromatic heterocycles. The minimum Gasteiger partial charge on any atom is -0.481 e. The van der Waals surface area contributed by atoms with Crippen LogP contribution in [0.25, 0.3) is 11.2 Å².